The molecule has 0 aliphatic carbocycles. The third kappa shape index (κ3) is 6.75. The predicted octanol–water partition coefficient (Wildman–Crippen LogP) is 5.15. The summed E-state index contributed by atoms with van der Waals surface area (Å²) in [6.07, 6.45) is 1.37. The van der Waals surface area contributed by atoms with Crippen LogP contribution in [0.25, 0.3) is 21.6 Å². The molecular formula is C30H35N5O2S. The molecule has 1 fully saturated rings. The first-order valence-electron chi connectivity index (χ1n) is 13.4. The quantitative estimate of drug-likeness (QED) is 0.290. The summed E-state index contributed by atoms with van der Waals surface area (Å²) in [6.45, 7) is 7.95. The average Bonchev–Trinajstić information content (AvgIpc) is 3.51. The van der Waals surface area contributed by atoms with Crippen molar-refractivity contribution in [1.82, 2.24) is 20.2 Å². The maximum atomic E-state index is 13.0. The third-order valence-corrected chi connectivity index (χ3v) is 7.78. The summed E-state index contributed by atoms with van der Waals surface area (Å²) in [5.74, 6) is 1.66. The van der Waals surface area contributed by atoms with Gasteiger partial charge >= 0.3 is 0 Å². The van der Waals surface area contributed by atoms with E-state index in [9.17, 15) is 4.79 Å². The summed E-state index contributed by atoms with van der Waals surface area (Å²) in [4.78, 5) is 28.7. The van der Waals surface area contributed by atoms with Crippen LogP contribution in [0.4, 0.5) is 5.82 Å². The number of carbonyl (C=O) groups excluding carboxylic acids is 1. The van der Waals surface area contributed by atoms with Crippen LogP contribution in [0.5, 0.6) is 0 Å². The van der Waals surface area contributed by atoms with Gasteiger partial charge in [0.25, 0.3) is 0 Å². The van der Waals surface area contributed by atoms with E-state index in [2.05, 4.69) is 27.2 Å². The highest BCUT2D eigenvalue weighted by molar-refractivity contribution is 7.13. The van der Waals surface area contributed by atoms with E-state index in [0.29, 0.717) is 13.0 Å². The van der Waals surface area contributed by atoms with Gasteiger partial charge in [0.15, 0.2) is 5.82 Å². The normalized spacial score (nSPS) is 14.9. The number of fused-ring (bicyclic) bond motifs is 1. The molecule has 8 heteroatoms. The van der Waals surface area contributed by atoms with Crippen molar-refractivity contribution in [3.8, 4) is 10.7 Å². The van der Waals surface area contributed by atoms with Gasteiger partial charge in [-0.2, -0.15) is 0 Å². The fraction of sp³-hybridized carbons (Fsp3) is 0.367. The molecule has 2 aromatic carbocycles. The fourth-order valence-corrected chi connectivity index (χ4v) is 5.48. The van der Waals surface area contributed by atoms with Crippen LogP contribution in [0.15, 0.2) is 72.1 Å². The number of para-hydroxylation sites is 1. The first-order valence-corrected chi connectivity index (χ1v) is 14.3. The summed E-state index contributed by atoms with van der Waals surface area (Å²) < 4.78 is 5.51. The Morgan fingerprint density at radius 3 is 2.61 bits per heavy atom. The molecule has 0 radical (unpaired) electrons. The van der Waals surface area contributed by atoms with Crippen molar-refractivity contribution < 1.29 is 9.53 Å². The van der Waals surface area contributed by atoms with Gasteiger partial charge in [-0.05, 0) is 42.5 Å². The van der Waals surface area contributed by atoms with Crippen LogP contribution >= 0.6 is 11.3 Å². The van der Waals surface area contributed by atoms with Crippen LogP contribution in [0.3, 0.4) is 0 Å². The maximum Gasteiger partial charge on any atom is 0.222 e. The van der Waals surface area contributed by atoms with Gasteiger partial charge in [0.1, 0.15) is 5.82 Å². The van der Waals surface area contributed by atoms with Gasteiger partial charge in [0, 0.05) is 44.5 Å². The van der Waals surface area contributed by atoms with Crippen molar-refractivity contribution in [2.45, 2.75) is 25.8 Å². The van der Waals surface area contributed by atoms with Gasteiger partial charge in [-0.15, -0.1) is 11.3 Å². The summed E-state index contributed by atoms with van der Waals surface area (Å²) in [5.41, 5.74) is 2.02. The van der Waals surface area contributed by atoms with Crippen LogP contribution in [-0.2, 0) is 9.53 Å². The van der Waals surface area contributed by atoms with E-state index in [0.717, 1.165) is 78.8 Å². The van der Waals surface area contributed by atoms with E-state index < -0.39 is 0 Å². The van der Waals surface area contributed by atoms with Crippen molar-refractivity contribution in [2.24, 2.45) is 0 Å². The number of morpholine rings is 1. The molecule has 1 atom stereocenters. The smallest absolute Gasteiger partial charge is 0.222 e. The van der Waals surface area contributed by atoms with Crippen LogP contribution < -0.4 is 10.2 Å². The fourth-order valence-electron chi connectivity index (χ4n) is 4.83. The maximum absolute atomic E-state index is 13.0. The second-order valence-electron chi connectivity index (χ2n) is 9.61. The number of rotatable bonds is 11. The van der Waals surface area contributed by atoms with Crippen molar-refractivity contribution in [3.63, 3.8) is 0 Å². The van der Waals surface area contributed by atoms with E-state index >= 15 is 0 Å². The number of carbonyl (C=O) groups is 1. The highest BCUT2D eigenvalue weighted by Gasteiger charge is 2.19. The van der Waals surface area contributed by atoms with E-state index in [1.807, 2.05) is 66.9 Å². The van der Waals surface area contributed by atoms with Crippen LogP contribution in [0.2, 0.25) is 0 Å². The molecule has 0 spiro atoms. The highest BCUT2D eigenvalue weighted by atomic mass is 32.1. The van der Waals surface area contributed by atoms with E-state index in [4.69, 9.17) is 14.7 Å². The number of hydrogen-bond donors (Lipinski definition) is 1. The summed E-state index contributed by atoms with van der Waals surface area (Å²) in [7, 11) is 0. The second kappa shape index (κ2) is 13.0. The van der Waals surface area contributed by atoms with Crippen molar-refractivity contribution >= 4 is 34.0 Å². The Morgan fingerprint density at radius 1 is 1.03 bits per heavy atom. The van der Waals surface area contributed by atoms with Crippen LogP contribution in [0.1, 0.15) is 31.4 Å². The molecule has 1 N–H and O–H groups in total. The first kappa shape index (κ1) is 26.3. The lowest BCUT2D eigenvalue weighted by Crippen LogP contribution is -2.39. The SMILES string of the molecule is CC(NC(=O)CCN(CCCN1CCOCC1)c1nc(-c2cccs2)nc2ccccc12)c1ccccc1. The Bertz CT molecular complexity index is 1310. The lowest BCUT2D eigenvalue weighted by atomic mass is 10.1. The molecule has 7 nitrogen and oxygen atoms in total. The molecule has 0 bridgehead atoms. The molecule has 4 aromatic rings. The van der Waals surface area contributed by atoms with Crippen molar-refractivity contribution in [1.29, 1.82) is 0 Å². The number of aromatic nitrogens is 2. The minimum Gasteiger partial charge on any atom is -0.379 e. The summed E-state index contributed by atoms with van der Waals surface area (Å²) >= 11 is 1.64. The minimum atomic E-state index is -0.0382. The third-order valence-electron chi connectivity index (χ3n) is 6.92. The number of hydrogen-bond acceptors (Lipinski definition) is 7. The zero-order chi connectivity index (χ0) is 26.2. The standard InChI is InChI=1S/C30H35N5O2S/c1-23(24-9-3-2-4-10-24)31-28(36)14-17-35(16-8-15-34-18-20-37-21-19-34)30-25-11-5-6-12-26(25)32-29(33-30)27-13-7-22-38-27/h2-7,9-13,22-23H,8,14-21H2,1H3,(H,31,36). The largest absolute Gasteiger partial charge is 0.379 e. The lowest BCUT2D eigenvalue weighted by molar-refractivity contribution is -0.121. The molecule has 38 heavy (non-hydrogen) atoms. The topological polar surface area (TPSA) is 70.6 Å². The Kier molecular flexibility index (Phi) is 8.96. The van der Waals surface area contributed by atoms with Crippen molar-refractivity contribution in [3.05, 3.63) is 77.7 Å². The van der Waals surface area contributed by atoms with Gasteiger partial charge < -0.3 is 15.0 Å². The number of nitrogens with one attached hydrogen (secondary N) is 1. The van der Waals surface area contributed by atoms with Gasteiger partial charge in [-0.3, -0.25) is 9.69 Å². The highest BCUT2D eigenvalue weighted by Crippen LogP contribution is 2.30. The Hall–Kier alpha value is -3.33. The zero-order valence-electron chi connectivity index (χ0n) is 21.9. The number of nitrogens with zero attached hydrogens (tertiary/aromatic N) is 4. The lowest BCUT2D eigenvalue weighted by Gasteiger charge is -2.29. The second-order valence-corrected chi connectivity index (χ2v) is 10.6. The molecule has 2 aromatic heterocycles. The molecule has 1 unspecified atom stereocenters. The number of ether oxygens (including phenoxy) is 1. The monoisotopic (exact) mass is 529 g/mol. The first-order chi connectivity index (χ1) is 18.7. The summed E-state index contributed by atoms with van der Waals surface area (Å²) in [6, 6.07) is 22.3. The Labute approximate surface area is 228 Å². The molecule has 0 saturated carbocycles. The van der Waals surface area contributed by atoms with Crippen molar-refractivity contribution in [2.75, 3.05) is 50.8 Å². The number of thiophene rings is 1. The summed E-state index contributed by atoms with van der Waals surface area (Å²) in [5, 5.41) is 6.22. The molecule has 3 heterocycles. The van der Waals surface area contributed by atoms with Gasteiger partial charge in [0.2, 0.25) is 5.91 Å². The molecular weight excluding hydrogens is 494 g/mol. The Morgan fingerprint density at radius 2 is 1.82 bits per heavy atom. The predicted molar refractivity (Wildman–Crippen MR) is 155 cm³/mol. The number of amides is 1. The molecule has 1 aliphatic rings. The molecule has 198 valence electrons. The Balaban J connectivity index is 1.35. The average molecular weight is 530 g/mol. The number of anilines is 1. The molecule has 5 rings (SSSR count). The van der Waals surface area contributed by atoms with E-state index in [1.165, 1.54) is 0 Å². The molecule has 1 saturated heterocycles. The zero-order valence-corrected chi connectivity index (χ0v) is 22.7. The van der Waals surface area contributed by atoms with Gasteiger partial charge in [-0.1, -0.05) is 48.5 Å². The van der Waals surface area contributed by atoms with Crippen LogP contribution in [-0.4, -0.2) is 66.7 Å². The van der Waals surface area contributed by atoms with Crippen LogP contribution in [0, 0.1) is 0 Å². The van der Waals surface area contributed by atoms with Gasteiger partial charge in [0.05, 0.1) is 29.6 Å². The number of benzene rings is 2. The van der Waals surface area contributed by atoms with Gasteiger partial charge in [-0.25, -0.2) is 9.97 Å². The van der Waals surface area contributed by atoms with E-state index in [-0.39, 0.29) is 11.9 Å². The van der Waals surface area contributed by atoms with E-state index in [1.54, 1.807) is 11.3 Å². The molecule has 1 amide bonds. The molecule has 1 aliphatic heterocycles. The minimum absolute atomic E-state index is 0.0382.